The SMILES string of the molecule is CCCC[C@@H](CNc1ccc(OC)cc1)NC(=O)C1(Nc2cccc(-c3ccccc3)c2)CCCCC1. The lowest BCUT2D eigenvalue weighted by Gasteiger charge is -2.39. The Hall–Kier alpha value is -3.47. The monoisotopic (exact) mass is 499 g/mol. The van der Waals surface area contributed by atoms with Crippen molar-refractivity contribution in [2.75, 3.05) is 24.3 Å². The maximum atomic E-state index is 13.9. The van der Waals surface area contributed by atoms with Crippen molar-refractivity contribution in [3.63, 3.8) is 0 Å². The zero-order chi connectivity index (χ0) is 25.9. The van der Waals surface area contributed by atoms with Gasteiger partial charge in [-0.3, -0.25) is 4.79 Å². The first-order valence-electron chi connectivity index (χ1n) is 13.7. The van der Waals surface area contributed by atoms with Crippen molar-refractivity contribution in [1.82, 2.24) is 5.32 Å². The molecule has 4 rings (SSSR count). The largest absolute Gasteiger partial charge is 0.497 e. The third-order valence-electron chi connectivity index (χ3n) is 7.38. The number of benzene rings is 3. The molecule has 1 fully saturated rings. The molecule has 0 heterocycles. The Labute approximate surface area is 222 Å². The topological polar surface area (TPSA) is 62.4 Å². The second kappa shape index (κ2) is 13.2. The van der Waals surface area contributed by atoms with Gasteiger partial charge < -0.3 is 20.7 Å². The smallest absolute Gasteiger partial charge is 0.245 e. The van der Waals surface area contributed by atoms with Crippen LogP contribution in [0.5, 0.6) is 5.75 Å². The molecule has 1 amide bonds. The lowest BCUT2D eigenvalue weighted by atomic mass is 9.80. The first-order valence-corrected chi connectivity index (χ1v) is 13.7. The number of carbonyl (C=O) groups excluding carboxylic acids is 1. The highest BCUT2D eigenvalue weighted by molar-refractivity contribution is 5.90. The number of rotatable bonds is 12. The highest BCUT2D eigenvalue weighted by atomic mass is 16.5. The van der Waals surface area contributed by atoms with Crippen molar-refractivity contribution in [3.05, 3.63) is 78.9 Å². The van der Waals surface area contributed by atoms with Gasteiger partial charge in [0.2, 0.25) is 5.91 Å². The minimum Gasteiger partial charge on any atom is -0.497 e. The van der Waals surface area contributed by atoms with Gasteiger partial charge in [-0.15, -0.1) is 0 Å². The normalized spacial score (nSPS) is 15.4. The van der Waals surface area contributed by atoms with Crippen molar-refractivity contribution in [3.8, 4) is 16.9 Å². The zero-order valence-electron chi connectivity index (χ0n) is 22.3. The van der Waals surface area contributed by atoms with E-state index in [0.717, 1.165) is 67.6 Å². The summed E-state index contributed by atoms with van der Waals surface area (Å²) in [5.41, 5.74) is 3.77. The van der Waals surface area contributed by atoms with Gasteiger partial charge in [0.05, 0.1) is 7.11 Å². The maximum absolute atomic E-state index is 13.9. The molecule has 0 spiro atoms. The Kier molecular flexibility index (Phi) is 9.47. The Morgan fingerprint density at radius 2 is 1.62 bits per heavy atom. The van der Waals surface area contributed by atoms with Crippen LogP contribution in [0.1, 0.15) is 58.3 Å². The van der Waals surface area contributed by atoms with Crippen LogP contribution in [-0.4, -0.2) is 31.1 Å². The van der Waals surface area contributed by atoms with Crippen molar-refractivity contribution in [1.29, 1.82) is 0 Å². The molecule has 0 saturated heterocycles. The van der Waals surface area contributed by atoms with Gasteiger partial charge in [0, 0.05) is 24.0 Å². The summed E-state index contributed by atoms with van der Waals surface area (Å²) in [5, 5.41) is 10.6. The Morgan fingerprint density at radius 1 is 0.892 bits per heavy atom. The van der Waals surface area contributed by atoms with Crippen LogP contribution in [0.25, 0.3) is 11.1 Å². The first-order chi connectivity index (χ1) is 18.1. The fourth-order valence-corrected chi connectivity index (χ4v) is 5.20. The Balaban J connectivity index is 1.48. The van der Waals surface area contributed by atoms with Crippen LogP contribution in [0.3, 0.4) is 0 Å². The lowest BCUT2D eigenvalue weighted by Crippen LogP contribution is -2.56. The molecule has 37 heavy (non-hydrogen) atoms. The van der Waals surface area contributed by atoms with Crippen LogP contribution in [0.15, 0.2) is 78.9 Å². The van der Waals surface area contributed by atoms with Crippen molar-refractivity contribution < 1.29 is 9.53 Å². The van der Waals surface area contributed by atoms with E-state index in [1.807, 2.05) is 30.3 Å². The summed E-state index contributed by atoms with van der Waals surface area (Å²) in [6, 6.07) is 26.8. The second-order valence-corrected chi connectivity index (χ2v) is 10.1. The van der Waals surface area contributed by atoms with Crippen LogP contribution in [0.4, 0.5) is 11.4 Å². The molecule has 1 aliphatic carbocycles. The molecule has 0 bridgehead atoms. The maximum Gasteiger partial charge on any atom is 0.245 e. The van der Waals surface area contributed by atoms with Crippen LogP contribution in [0.2, 0.25) is 0 Å². The Morgan fingerprint density at radius 3 is 2.32 bits per heavy atom. The van der Waals surface area contributed by atoms with E-state index in [-0.39, 0.29) is 11.9 Å². The van der Waals surface area contributed by atoms with Gasteiger partial charge in [-0.25, -0.2) is 0 Å². The molecule has 0 aliphatic heterocycles. The molecule has 0 unspecified atom stereocenters. The molecule has 3 aromatic rings. The highest BCUT2D eigenvalue weighted by Gasteiger charge is 2.40. The average Bonchev–Trinajstić information content (AvgIpc) is 2.95. The van der Waals surface area contributed by atoms with Gasteiger partial charge >= 0.3 is 0 Å². The molecular formula is C32H41N3O2. The predicted molar refractivity (Wildman–Crippen MR) is 154 cm³/mol. The zero-order valence-corrected chi connectivity index (χ0v) is 22.3. The van der Waals surface area contributed by atoms with E-state index in [4.69, 9.17) is 4.74 Å². The number of ether oxygens (including phenoxy) is 1. The lowest BCUT2D eigenvalue weighted by molar-refractivity contribution is -0.127. The van der Waals surface area contributed by atoms with E-state index < -0.39 is 5.54 Å². The number of anilines is 2. The van der Waals surface area contributed by atoms with Crippen LogP contribution < -0.4 is 20.7 Å². The highest BCUT2D eigenvalue weighted by Crippen LogP contribution is 2.33. The van der Waals surface area contributed by atoms with E-state index in [1.165, 1.54) is 12.0 Å². The number of amides is 1. The summed E-state index contributed by atoms with van der Waals surface area (Å²) in [5.74, 6) is 0.956. The van der Waals surface area contributed by atoms with E-state index in [9.17, 15) is 4.79 Å². The molecule has 1 saturated carbocycles. The first kappa shape index (κ1) is 26.6. The number of carbonyl (C=O) groups is 1. The van der Waals surface area contributed by atoms with E-state index in [2.05, 4.69) is 71.4 Å². The number of nitrogens with one attached hydrogen (secondary N) is 3. The van der Waals surface area contributed by atoms with Gasteiger partial charge in [0.15, 0.2) is 0 Å². The summed E-state index contributed by atoms with van der Waals surface area (Å²) in [7, 11) is 1.67. The molecule has 1 aliphatic rings. The number of hydrogen-bond acceptors (Lipinski definition) is 4. The number of hydrogen-bond donors (Lipinski definition) is 3. The fourth-order valence-electron chi connectivity index (χ4n) is 5.20. The standard InChI is InChI=1S/C32H41N3O2/c1-3-4-15-29(24-33-27-17-19-30(37-2)20-18-27)34-31(36)32(21-9-6-10-22-32)35-28-16-11-14-26(23-28)25-12-7-5-8-13-25/h5,7-8,11-14,16-20,23,29,33,35H,3-4,6,9-10,15,21-22,24H2,1-2H3,(H,34,36)/t29-/m0/s1. The molecule has 5 nitrogen and oxygen atoms in total. The van der Waals surface area contributed by atoms with Crippen molar-refractivity contribution in [2.45, 2.75) is 69.9 Å². The minimum absolute atomic E-state index is 0.0609. The minimum atomic E-state index is -0.585. The summed E-state index contributed by atoms with van der Waals surface area (Å²) in [6.07, 6.45) is 8.12. The van der Waals surface area contributed by atoms with Crippen LogP contribution >= 0.6 is 0 Å². The van der Waals surface area contributed by atoms with Crippen LogP contribution in [-0.2, 0) is 4.79 Å². The third-order valence-corrected chi connectivity index (χ3v) is 7.38. The predicted octanol–water partition coefficient (Wildman–Crippen LogP) is 7.26. The van der Waals surface area contributed by atoms with Gasteiger partial charge in [0.25, 0.3) is 0 Å². The molecule has 1 atom stereocenters. The summed E-state index contributed by atoms with van der Waals surface area (Å²) in [4.78, 5) is 13.9. The fraction of sp³-hybridized carbons (Fsp3) is 0.406. The van der Waals surface area contributed by atoms with E-state index in [0.29, 0.717) is 6.54 Å². The third kappa shape index (κ3) is 7.28. The van der Waals surface area contributed by atoms with Crippen molar-refractivity contribution in [2.24, 2.45) is 0 Å². The van der Waals surface area contributed by atoms with Crippen LogP contribution in [0, 0.1) is 0 Å². The molecule has 3 aromatic carbocycles. The quantitative estimate of drug-likeness (QED) is 0.245. The number of unbranched alkanes of at least 4 members (excludes halogenated alkanes) is 1. The van der Waals surface area contributed by atoms with E-state index >= 15 is 0 Å². The molecule has 0 aromatic heterocycles. The van der Waals surface area contributed by atoms with Gasteiger partial charge in [-0.05, 0) is 66.8 Å². The second-order valence-electron chi connectivity index (χ2n) is 10.1. The van der Waals surface area contributed by atoms with Gasteiger partial charge in [-0.1, -0.05) is 81.5 Å². The molecule has 5 heteroatoms. The van der Waals surface area contributed by atoms with Crippen molar-refractivity contribution >= 4 is 17.3 Å². The molecular weight excluding hydrogens is 458 g/mol. The molecule has 3 N–H and O–H groups in total. The molecule has 196 valence electrons. The molecule has 0 radical (unpaired) electrons. The summed E-state index contributed by atoms with van der Waals surface area (Å²) >= 11 is 0. The van der Waals surface area contributed by atoms with Gasteiger partial charge in [0.1, 0.15) is 11.3 Å². The summed E-state index contributed by atoms with van der Waals surface area (Å²) < 4.78 is 5.27. The van der Waals surface area contributed by atoms with E-state index in [1.54, 1.807) is 7.11 Å². The average molecular weight is 500 g/mol. The summed E-state index contributed by atoms with van der Waals surface area (Å²) in [6.45, 7) is 2.89. The van der Waals surface area contributed by atoms with Gasteiger partial charge in [-0.2, -0.15) is 0 Å². The Bertz CT molecular complexity index is 1110. The number of methoxy groups -OCH3 is 1.